The maximum absolute atomic E-state index is 15.7. The Kier molecular flexibility index (Phi) is 37.9. The lowest BCUT2D eigenvalue weighted by atomic mass is 9.98. The Bertz CT molecular complexity index is 5240. The second-order valence-corrected chi connectivity index (χ2v) is 34.8. The zero-order valence-corrected chi connectivity index (χ0v) is 75.4. The van der Waals surface area contributed by atoms with Crippen molar-refractivity contribution in [1.82, 2.24) is 77.3 Å². The highest BCUT2D eigenvalue weighted by Crippen LogP contribution is 2.29. The second-order valence-electron chi connectivity index (χ2n) is 33.7. The summed E-state index contributed by atoms with van der Waals surface area (Å²) in [5, 5.41) is 76.9. The summed E-state index contributed by atoms with van der Waals surface area (Å²) < 4.78 is 45.0. The van der Waals surface area contributed by atoms with Crippen molar-refractivity contribution in [3.63, 3.8) is 0 Å². The van der Waals surface area contributed by atoms with E-state index in [4.69, 9.17) is 11.5 Å². The van der Waals surface area contributed by atoms with Crippen molar-refractivity contribution in [2.45, 2.75) is 201 Å². The fourth-order valence-corrected chi connectivity index (χ4v) is 17.1. The largest absolute Gasteiger partial charge is 0.508 e. The van der Waals surface area contributed by atoms with Crippen LogP contribution in [0.25, 0.3) is 10.9 Å². The Morgan fingerprint density at radius 2 is 1.02 bits per heavy atom. The number of carbonyl (C=O) groups is 17. The number of aromatic nitrogens is 1. The molecule has 3 saturated heterocycles. The normalized spacial score (nSPS) is 24.6. The molecule has 3 fully saturated rings. The van der Waals surface area contributed by atoms with Gasteiger partial charge in [-0.1, -0.05) is 125 Å². The highest BCUT2D eigenvalue weighted by Gasteiger charge is 2.48. The third-order valence-electron chi connectivity index (χ3n) is 23.5. The number of fused-ring (bicyclic) bond motifs is 3. The lowest BCUT2D eigenvalue weighted by Gasteiger charge is -2.38. The molecule has 134 heavy (non-hydrogen) atoms. The zero-order chi connectivity index (χ0) is 98.1. The van der Waals surface area contributed by atoms with E-state index in [1.54, 1.807) is 91.9 Å². The van der Waals surface area contributed by atoms with E-state index in [9.17, 15) is 68.3 Å². The number of aromatic hydroxyl groups is 1. The van der Waals surface area contributed by atoms with Gasteiger partial charge in [-0.2, -0.15) is 0 Å². The van der Waals surface area contributed by atoms with Crippen LogP contribution in [0.5, 0.6) is 5.75 Å². The number of carboxylic acids is 2. The number of rotatable bonds is 24. The van der Waals surface area contributed by atoms with Crippen molar-refractivity contribution in [2.75, 3.05) is 58.8 Å². The molecular formula is C91H114F3N17O22S. The van der Waals surface area contributed by atoms with Gasteiger partial charge in [-0.15, -0.1) is 11.8 Å². The number of thioether (sulfide) groups is 1. The molecule has 0 unspecified atom stereocenters. The molecule has 39 nitrogen and oxygen atoms in total. The molecule has 0 bridgehead atoms. The Morgan fingerprint density at radius 3 is 1.60 bits per heavy atom. The summed E-state index contributed by atoms with van der Waals surface area (Å²) in [6, 6.07) is 6.35. The Hall–Kier alpha value is -13.6. The molecule has 9 rings (SSSR count). The fourth-order valence-electron chi connectivity index (χ4n) is 16.2. The summed E-state index contributed by atoms with van der Waals surface area (Å²) in [5.74, 6) is -27.4. The number of amides is 15. The number of aromatic amines is 1. The number of carbonyl (C=O) groups excluding carboxylic acids is 15. The molecule has 0 radical (unpaired) electrons. The number of primary amides is 1. The van der Waals surface area contributed by atoms with Gasteiger partial charge in [0.25, 0.3) is 0 Å². The lowest BCUT2D eigenvalue weighted by Crippen LogP contribution is -2.62. The minimum Gasteiger partial charge on any atom is -0.508 e. The van der Waals surface area contributed by atoms with Crippen LogP contribution < -0.4 is 59.3 Å². The van der Waals surface area contributed by atoms with Gasteiger partial charge in [0.2, 0.25) is 88.6 Å². The first kappa shape index (κ1) is 104. The second kappa shape index (κ2) is 48.7. The smallest absolute Gasteiger partial charge is 0.305 e. The minimum atomic E-state index is -2.08. The summed E-state index contributed by atoms with van der Waals surface area (Å²) in [7, 11) is 3.52. The molecular weight excluding hydrogens is 1770 g/mol. The number of hydrogen-bond acceptors (Lipinski definition) is 22. The number of aliphatic hydroxyl groups excluding tert-OH is 2. The van der Waals surface area contributed by atoms with Gasteiger partial charge >= 0.3 is 11.9 Å². The van der Waals surface area contributed by atoms with E-state index in [1.807, 2.05) is 0 Å². The van der Waals surface area contributed by atoms with Crippen molar-refractivity contribution in [1.29, 1.82) is 0 Å². The van der Waals surface area contributed by atoms with Crippen molar-refractivity contribution in [3.8, 4) is 5.75 Å². The number of nitrogens with two attached hydrogens (primary N) is 2. The van der Waals surface area contributed by atoms with Crippen LogP contribution in [-0.2, 0) is 114 Å². The molecule has 5 aromatic carbocycles. The zero-order valence-electron chi connectivity index (χ0n) is 74.6. The summed E-state index contributed by atoms with van der Waals surface area (Å²) in [6.45, 7) is 2.32. The van der Waals surface area contributed by atoms with Gasteiger partial charge in [0.15, 0.2) is 17.5 Å². The van der Waals surface area contributed by atoms with Crippen LogP contribution in [0.1, 0.15) is 106 Å². The van der Waals surface area contributed by atoms with Gasteiger partial charge < -0.3 is 114 Å². The van der Waals surface area contributed by atoms with Crippen LogP contribution >= 0.6 is 11.8 Å². The maximum atomic E-state index is 15.7. The topological polar surface area (TPSA) is 584 Å². The highest BCUT2D eigenvalue weighted by atomic mass is 32.2. The number of carboxylic acid groups (broad SMARTS) is 2. The third kappa shape index (κ3) is 28.5. The number of halogens is 3. The van der Waals surface area contributed by atoms with Crippen LogP contribution in [0, 0.1) is 23.4 Å². The predicted octanol–water partition coefficient (Wildman–Crippen LogP) is -1.03. The Morgan fingerprint density at radius 1 is 0.515 bits per heavy atom. The molecule has 1 aromatic heterocycles. The van der Waals surface area contributed by atoms with Crippen LogP contribution in [0.4, 0.5) is 13.2 Å². The van der Waals surface area contributed by atoms with E-state index in [-0.39, 0.29) is 50.0 Å². The molecule has 6 aromatic rings. The number of hydrogen-bond donors (Lipinski definition) is 17. The average molecular weight is 1890 g/mol. The summed E-state index contributed by atoms with van der Waals surface area (Å²) in [5.41, 5.74) is 13.1. The first-order valence-corrected chi connectivity index (χ1v) is 44.8. The molecule has 0 spiro atoms. The number of likely N-dealkylation sites (N-methyl/N-ethyl adjacent to an activating group) is 3. The average Bonchev–Trinajstić information content (AvgIpc) is 1.17. The van der Waals surface area contributed by atoms with Crippen LogP contribution in [0.2, 0.25) is 0 Å². The van der Waals surface area contributed by atoms with Crippen molar-refractivity contribution < 1.29 is 120 Å². The molecule has 0 aliphatic carbocycles. The van der Waals surface area contributed by atoms with Gasteiger partial charge in [0.1, 0.15) is 84.3 Å². The van der Waals surface area contributed by atoms with Gasteiger partial charge in [-0.25, -0.2) is 13.2 Å². The molecule has 43 heteroatoms. The molecule has 4 heterocycles. The van der Waals surface area contributed by atoms with Crippen molar-refractivity contribution >= 4 is 123 Å². The van der Waals surface area contributed by atoms with E-state index in [2.05, 4.69) is 52.8 Å². The number of aliphatic hydroxyl groups is 2. The number of para-hydroxylation sites is 1. The van der Waals surface area contributed by atoms with Gasteiger partial charge in [0, 0.05) is 108 Å². The number of nitrogens with zero attached hydrogens (tertiary/aromatic N) is 5. The molecule has 3 aliphatic heterocycles. The van der Waals surface area contributed by atoms with E-state index in [1.165, 1.54) is 58.4 Å². The first-order chi connectivity index (χ1) is 63.6. The summed E-state index contributed by atoms with van der Waals surface area (Å²) in [6.07, 6.45) is -7.48. The van der Waals surface area contributed by atoms with Gasteiger partial charge in [-0.05, 0) is 89.9 Å². The standard InChI is InChI=1S/C91H114F3N17O22S/c1-7-8-23-68-90(132)111-45-56(114)40-71(111)86(128)104-65(41-76(119)120)83(125)106-78(48(2)3)91(133)108(5)69(36-49-17-11-9-12-18-49)84(126)101-62(28-29-75(117)118)88(130)110-44-55(113)39-70(110)85(127)103-64(38-53-42-97-60-22-16-15-21-57(53)60)82(124)102-63(34-51-24-26-54(112)27-25-51)81(123)100-61(30-31-95)80(122)105-67(79(121)98-43-73(96)115)46-134-47-74(116)99-66(35-52-32-58(92)77(94)59(93)33-52)87(129)109(6)72(89(131)107(68)4)37-50-19-13-10-14-20-50/h9-22,24-27,32-33,42,48,55-56,61-72,78,97,112-114H,7-8,23,28-31,34-41,43-47,95H2,1-6H3,(H2,96,115)(H,98,121)(H,99,116)(H,100,123)(H,101,126)(H,102,124)(H,103,127)(H,104,128)(H,105,122)(H,106,125)(H,117,118)(H,119,120)/t55-,56-,61+,62-,63+,64+,65+,66+,67+,68+,69-,70-,71-,72+,78+/m1/s1. The summed E-state index contributed by atoms with van der Waals surface area (Å²) >= 11 is 0.614. The van der Waals surface area contributed by atoms with E-state index >= 15 is 51.9 Å². The van der Waals surface area contributed by atoms with Crippen molar-refractivity contribution in [2.24, 2.45) is 17.4 Å². The van der Waals surface area contributed by atoms with E-state index in [0.29, 0.717) is 57.9 Å². The van der Waals surface area contributed by atoms with Gasteiger partial charge in [0.05, 0.1) is 30.9 Å². The number of nitrogens with one attached hydrogen (secondary N) is 10. The molecule has 3 aliphatic rings. The SMILES string of the molecule is CCCC[C@H]1C(=O)N2C[C@H](O)C[C@@H]2C(=O)N[C@@H](CC(=O)O)C(=O)N[C@@H](C(C)C)C(=O)N(C)[C@H](Cc2ccccc2)C(=O)N[C@H](CCC(=O)O)C(=O)N2C[C@H](O)C[C@@H]2C(=O)N[C@@H](Cc2c[nH]c3ccccc23)C(=O)N[C@@H](Cc2ccc(O)cc2)C(=O)N[C@@H](CCN)C(=O)N[C@H](C(=O)NCC(N)=O)CSCC(=O)N[C@@H](Cc2cc(F)c(F)c(F)c2)C(=O)N(C)[C@@H](Cc2ccccc2)C(=O)N1C. The van der Waals surface area contributed by atoms with E-state index in [0.717, 1.165) is 31.5 Å². The predicted molar refractivity (Wildman–Crippen MR) is 478 cm³/mol. The number of unbranched alkanes of at least 4 members (excludes halogenated alkanes) is 1. The first-order valence-electron chi connectivity index (χ1n) is 43.7. The lowest BCUT2D eigenvalue weighted by molar-refractivity contribution is -0.152. The number of phenolic OH excluding ortho intramolecular Hbond substituents is 1. The Labute approximate surface area is 773 Å². The number of aliphatic carboxylic acids is 2. The molecule has 0 saturated carbocycles. The van der Waals surface area contributed by atoms with Crippen LogP contribution in [0.3, 0.4) is 0 Å². The van der Waals surface area contributed by atoms with Crippen molar-refractivity contribution in [3.05, 3.63) is 173 Å². The van der Waals surface area contributed by atoms with Gasteiger partial charge in [-0.3, -0.25) is 81.5 Å². The highest BCUT2D eigenvalue weighted by molar-refractivity contribution is 8.00. The maximum Gasteiger partial charge on any atom is 0.305 e. The number of benzene rings is 5. The Balaban J connectivity index is 1.14. The molecule has 19 N–H and O–H groups in total. The molecule has 722 valence electrons. The van der Waals surface area contributed by atoms with Crippen LogP contribution in [-0.4, -0.2) is 305 Å². The number of H-pyrrole nitrogens is 1. The summed E-state index contributed by atoms with van der Waals surface area (Å²) in [4.78, 5) is 257. The van der Waals surface area contributed by atoms with E-state index < -0.39 is 303 Å². The third-order valence-corrected chi connectivity index (χ3v) is 24.5. The fraction of sp³-hybridized carbons (Fsp3) is 0.462. The van der Waals surface area contributed by atoms with Crippen LogP contribution in [0.15, 0.2) is 128 Å². The number of phenols is 1. The monoisotopic (exact) mass is 1890 g/mol. The quantitative estimate of drug-likeness (QED) is 0.0322. The minimum absolute atomic E-state index is 0.155. The molecule has 15 amide bonds. The molecule has 15 atom stereocenters.